The molecule has 0 radical (unpaired) electrons. The zero-order chi connectivity index (χ0) is 29.1. The summed E-state index contributed by atoms with van der Waals surface area (Å²) in [5, 5.41) is 15.0. The molecular weight excluding hydrogens is 588 g/mol. The molecule has 2 amide bonds. The molecule has 10 nitrogen and oxygen atoms in total. The molecule has 1 saturated carbocycles. The monoisotopic (exact) mass is 618 g/mol. The summed E-state index contributed by atoms with van der Waals surface area (Å²) in [5.41, 5.74) is 2.35. The maximum Gasteiger partial charge on any atom is 0.407 e. The van der Waals surface area contributed by atoms with Crippen LogP contribution in [0.2, 0.25) is 0 Å². The molecule has 2 aromatic carbocycles. The summed E-state index contributed by atoms with van der Waals surface area (Å²) >= 11 is 3.74. The average Bonchev–Trinajstić information content (AvgIpc) is 3.61. The van der Waals surface area contributed by atoms with Crippen molar-refractivity contribution in [2.24, 2.45) is 7.05 Å². The number of aromatic nitrogens is 4. The van der Waals surface area contributed by atoms with Gasteiger partial charge in [0.05, 0.1) is 34.9 Å². The van der Waals surface area contributed by atoms with Crippen molar-refractivity contribution in [1.29, 1.82) is 0 Å². The largest absolute Gasteiger partial charge is 0.444 e. The normalized spacial score (nSPS) is 16.0. The van der Waals surface area contributed by atoms with Gasteiger partial charge in [0.1, 0.15) is 11.4 Å². The van der Waals surface area contributed by atoms with Crippen molar-refractivity contribution in [2.45, 2.75) is 64.0 Å². The molecule has 1 aliphatic heterocycles. The van der Waals surface area contributed by atoms with E-state index in [0.29, 0.717) is 22.3 Å². The van der Waals surface area contributed by atoms with Crippen molar-refractivity contribution < 1.29 is 14.3 Å². The van der Waals surface area contributed by atoms with E-state index in [4.69, 9.17) is 4.74 Å². The van der Waals surface area contributed by atoms with Gasteiger partial charge in [-0.15, -0.1) is 0 Å². The van der Waals surface area contributed by atoms with E-state index in [1.807, 2.05) is 37.4 Å². The minimum atomic E-state index is -0.646. The molecule has 2 aromatic heterocycles. The Labute approximate surface area is 245 Å². The van der Waals surface area contributed by atoms with Crippen LogP contribution in [0, 0.1) is 0 Å². The molecule has 0 bridgehead atoms. The third-order valence-corrected chi connectivity index (χ3v) is 8.54. The molecule has 41 heavy (non-hydrogen) atoms. The first-order valence-electron chi connectivity index (χ1n) is 13.6. The highest BCUT2D eigenvalue weighted by molar-refractivity contribution is 9.10. The SMILES string of the molecule is Cn1ncc(-c2ccc3c(=O)[nH]nc(CNC(=O)OC(C)(C)C)c3c2)c1N1C(=O)C2(CCCC2)c2c(Br)cccc21. The molecule has 6 rings (SSSR count). The lowest BCUT2D eigenvalue weighted by Gasteiger charge is -2.24. The number of carbonyl (C=O) groups is 2. The number of amides is 2. The van der Waals surface area contributed by atoms with Gasteiger partial charge in [-0.05, 0) is 63.4 Å². The lowest BCUT2D eigenvalue weighted by molar-refractivity contribution is -0.122. The second kappa shape index (κ2) is 9.83. The number of nitrogens with one attached hydrogen (secondary N) is 2. The van der Waals surface area contributed by atoms with Gasteiger partial charge in [0.15, 0.2) is 0 Å². The molecule has 1 aliphatic carbocycles. The summed E-state index contributed by atoms with van der Waals surface area (Å²) in [5.74, 6) is 0.714. The van der Waals surface area contributed by atoms with Crippen LogP contribution < -0.4 is 15.8 Å². The molecule has 4 aromatic rings. The van der Waals surface area contributed by atoms with Gasteiger partial charge in [0.25, 0.3) is 5.56 Å². The molecule has 1 fully saturated rings. The fraction of sp³-hybridized carbons (Fsp3) is 0.367. The summed E-state index contributed by atoms with van der Waals surface area (Å²) in [6, 6.07) is 11.4. The van der Waals surface area contributed by atoms with Gasteiger partial charge >= 0.3 is 6.09 Å². The van der Waals surface area contributed by atoms with Gasteiger partial charge in [-0.3, -0.25) is 19.2 Å². The first-order valence-corrected chi connectivity index (χ1v) is 14.4. The molecule has 0 saturated heterocycles. The number of hydrogen-bond acceptors (Lipinski definition) is 6. The number of fused-ring (bicyclic) bond motifs is 3. The van der Waals surface area contributed by atoms with Crippen LogP contribution in [0.1, 0.15) is 57.7 Å². The Kier molecular flexibility index (Phi) is 6.52. The Hall–Kier alpha value is -3.99. The van der Waals surface area contributed by atoms with E-state index in [9.17, 15) is 14.4 Å². The number of H-pyrrole nitrogens is 1. The second-order valence-electron chi connectivity index (χ2n) is 11.7. The highest BCUT2D eigenvalue weighted by Gasteiger charge is 2.54. The Morgan fingerprint density at radius 3 is 2.63 bits per heavy atom. The van der Waals surface area contributed by atoms with Crippen molar-refractivity contribution in [3.63, 3.8) is 0 Å². The number of carbonyl (C=O) groups excluding carboxylic acids is 2. The number of nitrogens with zero attached hydrogens (tertiary/aromatic N) is 4. The lowest BCUT2D eigenvalue weighted by atomic mass is 9.80. The first-order chi connectivity index (χ1) is 19.5. The Morgan fingerprint density at radius 2 is 1.90 bits per heavy atom. The van der Waals surface area contributed by atoms with Crippen molar-refractivity contribution >= 4 is 50.2 Å². The summed E-state index contributed by atoms with van der Waals surface area (Å²) in [7, 11) is 1.83. The van der Waals surface area contributed by atoms with Crippen LogP contribution in [-0.2, 0) is 28.5 Å². The fourth-order valence-electron chi connectivity index (χ4n) is 6.15. The predicted octanol–water partition coefficient (Wildman–Crippen LogP) is 5.60. The van der Waals surface area contributed by atoms with E-state index in [0.717, 1.165) is 52.5 Å². The van der Waals surface area contributed by atoms with Crippen molar-refractivity contribution in [1.82, 2.24) is 25.3 Å². The van der Waals surface area contributed by atoms with Gasteiger partial charge in [0.2, 0.25) is 5.91 Å². The standard InChI is InChI=1S/C30H31BrN6O4/c1-29(2,3)41-28(40)32-16-22-19-14-17(10-11-18(19)25(38)35-34-22)20-15-33-36(4)26(20)37-23-9-7-8-21(31)24(23)30(27(37)39)12-5-6-13-30/h7-11,14-15H,5-6,12-13,16H2,1-4H3,(H,32,40)(H,35,38). The quantitative estimate of drug-likeness (QED) is 0.307. The van der Waals surface area contributed by atoms with E-state index in [2.05, 4.69) is 36.5 Å². The molecule has 1 spiro atoms. The van der Waals surface area contributed by atoms with Crippen LogP contribution in [0.25, 0.3) is 21.9 Å². The third kappa shape index (κ3) is 4.52. The number of hydrogen-bond donors (Lipinski definition) is 2. The first kappa shape index (κ1) is 27.2. The maximum atomic E-state index is 14.3. The number of anilines is 2. The van der Waals surface area contributed by atoms with Crippen molar-refractivity contribution in [2.75, 3.05) is 4.90 Å². The molecule has 11 heteroatoms. The van der Waals surface area contributed by atoms with Crippen LogP contribution in [0.15, 0.2) is 51.9 Å². The van der Waals surface area contributed by atoms with E-state index in [1.165, 1.54) is 0 Å². The third-order valence-electron chi connectivity index (χ3n) is 7.88. The molecular formula is C30H31BrN6O4. The molecule has 2 N–H and O–H groups in total. The Balaban J connectivity index is 1.44. The topological polar surface area (TPSA) is 122 Å². The average molecular weight is 620 g/mol. The van der Waals surface area contributed by atoms with Gasteiger partial charge in [-0.2, -0.15) is 10.2 Å². The van der Waals surface area contributed by atoms with Gasteiger partial charge in [-0.1, -0.05) is 40.9 Å². The zero-order valence-corrected chi connectivity index (χ0v) is 25.0. The van der Waals surface area contributed by atoms with Gasteiger partial charge in [-0.25, -0.2) is 9.89 Å². The number of rotatable bonds is 4. The summed E-state index contributed by atoms with van der Waals surface area (Å²) in [6.07, 6.45) is 4.78. The summed E-state index contributed by atoms with van der Waals surface area (Å²) in [6.45, 7) is 5.41. The minimum absolute atomic E-state index is 0.0556. The van der Waals surface area contributed by atoms with Crippen molar-refractivity contribution in [3.8, 4) is 11.1 Å². The minimum Gasteiger partial charge on any atom is -0.444 e. The number of aromatic amines is 1. The number of alkyl carbamates (subject to hydrolysis) is 1. The van der Waals surface area contributed by atoms with E-state index >= 15 is 0 Å². The highest BCUT2D eigenvalue weighted by atomic mass is 79.9. The molecule has 3 heterocycles. The van der Waals surface area contributed by atoms with Crippen LogP contribution in [0.4, 0.5) is 16.3 Å². The van der Waals surface area contributed by atoms with Gasteiger partial charge in [0, 0.05) is 28.0 Å². The second-order valence-corrected chi connectivity index (χ2v) is 12.5. The Morgan fingerprint density at radius 1 is 1.15 bits per heavy atom. The summed E-state index contributed by atoms with van der Waals surface area (Å²) in [4.78, 5) is 41.0. The number of ether oxygens (including phenoxy) is 1. The lowest BCUT2D eigenvalue weighted by Crippen LogP contribution is -2.37. The van der Waals surface area contributed by atoms with Crippen LogP contribution >= 0.6 is 15.9 Å². The Bertz CT molecular complexity index is 1760. The van der Waals surface area contributed by atoms with Crippen LogP contribution in [-0.4, -0.2) is 37.6 Å². The zero-order valence-electron chi connectivity index (χ0n) is 23.4. The smallest absolute Gasteiger partial charge is 0.407 e. The van der Waals surface area contributed by atoms with Crippen LogP contribution in [0.3, 0.4) is 0 Å². The van der Waals surface area contributed by atoms with Crippen LogP contribution in [0.5, 0.6) is 0 Å². The van der Waals surface area contributed by atoms with E-state index in [-0.39, 0.29) is 18.0 Å². The number of aryl methyl sites for hydroxylation is 1. The van der Waals surface area contributed by atoms with Gasteiger partial charge < -0.3 is 10.1 Å². The molecule has 212 valence electrons. The molecule has 0 atom stereocenters. The molecule has 0 unspecified atom stereocenters. The number of benzene rings is 2. The van der Waals surface area contributed by atoms with E-state index in [1.54, 1.807) is 42.6 Å². The number of halogens is 1. The summed E-state index contributed by atoms with van der Waals surface area (Å²) < 4.78 is 8.01. The fourth-order valence-corrected chi connectivity index (χ4v) is 6.88. The van der Waals surface area contributed by atoms with E-state index < -0.39 is 17.1 Å². The van der Waals surface area contributed by atoms with Crippen molar-refractivity contribution in [3.05, 3.63) is 68.7 Å². The maximum absolute atomic E-state index is 14.3. The predicted molar refractivity (Wildman–Crippen MR) is 159 cm³/mol. The highest BCUT2D eigenvalue weighted by Crippen LogP contribution is 2.56. The molecule has 2 aliphatic rings.